The predicted molar refractivity (Wildman–Crippen MR) is 84.2 cm³/mol. The molecular weight excluding hydrogens is 290 g/mol. The Labute approximate surface area is 127 Å². The van der Waals surface area contributed by atoms with Gasteiger partial charge in [0.15, 0.2) is 0 Å². The monoisotopic (exact) mass is 317 g/mol. The van der Waals surface area contributed by atoms with Crippen LogP contribution in [0.2, 0.25) is 0 Å². The number of aromatic nitrogens is 2. The van der Waals surface area contributed by atoms with Crippen LogP contribution in [-0.4, -0.2) is 55.0 Å². The molecule has 0 aliphatic heterocycles. The zero-order valence-corrected chi connectivity index (χ0v) is 14.2. The van der Waals surface area contributed by atoms with Crippen molar-refractivity contribution in [3.63, 3.8) is 0 Å². The Balaban J connectivity index is 2.30. The molecule has 1 rings (SSSR count). The van der Waals surface area contributed by atoms with E-state index in [0.29, 0.717) is 25.6 Å². The van der Waals surface area contributed by atoms with E-state index in [-0.39, 0.29) is 0 Å². The molecule has 0 aliphatic carbocycles. The zero-order valence-electron chi connectivity index (χ0n) is 13.3. The second-order valence-corrected chi connectivity index (χ2v) is 7.25. The van der Waals surface area contributed by atoms with E-state index in [1.165, 1.54) is 4.31 Å². The van der Waals surface area contributed by atoms with Gasteiger partial charge in [-0.25, -0.2) is 9.71 Å². The van der Waals surface area contributed by atoms with E-state index in [1.807, 2.05) is 17.8 Å². The maximum Gasteiger partial charge on any atom is 0.279 e. The van der Waals surface area contributed by atoms with Gasteiger partial charge in [0, 0.05) is 52.0 Å². The van der Waals surface area contributed by atoms with Crippen molar-refractivity contribution in [3.05, 3.63) is 18.2 Å². The van der Waals surface area contributed by atoms with Crippen LogP contribution < -0.4 is 10.0 Å². The molecule has 8 heteroatoms. The first-order valence-electron chi connectivity index (χ1n) is 7.23. The number of rotatable bonds is 10. The van der Waals surface area contributed by atoms with Crippen molar-refractivity contribution in [1.82, 2.24) is 23.9 Å². The Kier molecular flexibility index (Phi) is 7.30. The lowest BCUT2D eigenvalue weighted by Gasteiger charge is -2.18. The van der Waals surface area contributed by atoms with Gasteiger partial charge in [-0.3, -0.25) is 0 Å². The maximum atomic E-state index is 12.0. The molecule has 122 valence electrons. The van der Waals surface area contributed by atoms with Gasteiger partial charge in [0.05, 0.1) is 0 Å². The molecule has 0 saturated carbocycles. The lowest BCUT2D eigenvalue weighted by molar-refractivity contribution is 0.439. The Morgan fingerprint density at radius 3 is 2.67 bits per heavy atom. The van der Waals surface area contributed by atoms with Crippen LogP contribution in [0.15, 0.2) is 12.4 Å². The highest BCUT2D eigenvalue weighted by atomic mass is 32.2. The molecule has 0 saturated heterocycles. The minimum Gasteiger partial charge on any atom is -0.338 e. The third-order valence-electron chi connectivity index (χ3n) is 3.17. The van der Waals surface area contributed by atoms with Crippen molar-refractivity contribution in [2.24, 2.45) is 7.05 Å². The summed E-state index contributed by atoms with van der Waals surface area (Å²) in [5.41, 5.74) is 0. The van der Waals surface area contributed by atoms with E-state index in [2.05, 4.69) is 28.9 Å². The van der Waals surface area contributed by atoms with E-state index in [1.54, 1.807) is 13.2 Å². The summed E-state index contributed by atoms with van der Waals surface area (Å²) in [6, 6.07) is 0.419. The third kappa shape index (κ3) is 6.56. The number of hydrogen-bond donors (Lipinski definition) is 2. The van der Waals surface area contributed by atoms with Gasteiger partial charge in [-0.1, -0.05) is 13.8 Å². The zero-order chi connectivity index (χ0) is 15.9. The molecule has 0 atom stereocenters. The summed E-state index contributed by atoms with van der Waals surface area (Å²) in [5.74, 6) is 0.862. The molecule has 0 unspecified atom stereocenters. The molecule has 0 aliphatic rings. The second-order valence-electron chi connectivity index (χ2n) is 5.39. The molecular formula is C13H27N5O2S. The van der Waals surface area contributed by atoms with Crippen LogP contribution in [0.1, 0.15) is 26.1 Å². The normalized spacial score (nSPS) is 12.5. The first kappa shape index (κ1) is 18.1. The first-order chi connectivity index (χ1) is 9.83. The van der Waals surface area contributed by atoms with Crippen LogP contribution in [0.25, 0.3) is 0 Å². The van der Waals surface area contributed by atoms with E-state index in [4.69, 9.17) is 0 Å². The topological polar surface area (TPSA) is 79.3 Å². The molecule has 0 aromatic carbocycles. The summed E-state index contributed by atoms with van der Waals surface area (Å²) < 4.78 is 29.9. The lowest BCUT2D eigenvalue weighted by Crippen LogP contribution is -2.40. The predicted octanol–water partition coefficient (Wildman–Crippen LogP) is 0.117. The van der Waals surface area contributed by atoms with E-state index < -0.39 is 10.2 Å². The van der Waals surface area contributed by atoms with Crippen LogP contribution in [0.3, 0.4) is 0 Å². The van der Waals surface area contributed by atoms with Crippen LogP contribution in [-0.2, 0) is 23.7 Å². The average Bonchev–Trinajstić information content (AvgIpc) is 2.80. The molecule has 0 fully saturated rings. The fraction of sp³-hybridized carbons (Fsp3) is 0.769. The van der Waals surface area contributed by atoms with Crippen molar-refractivity contribution in [1.29, 1.82) is 0 Å². The standard InChI is InChI=1S/C13H27N5O2S/c1-12(2)14-7-5-10-18(4)21(19,20)16-8-6-13-15-9-11-17(13)3/h9,11-12,14,16H,5-8,10H2,1-4H3. The van der Waals surface area contributed by atoms with Gasteiger partial charge in [0.25, 0.3) is 10.2 Å². The van der Waals surface area contributed by atoms with E-state index in [0.717, 1.165) is 18.8 Å². The number of nitrogens with one attached hydrogen (secondary N) is 2. The Morgan fingerprint density at radius 1 is 1.38 bits per heavy atom. The summed E-state index contributed by atoms with van der Waals surface area (Å²) in [7, 11) is 0.0807. The summed E-state index contributed by atoms with van der Waals surface area (Å²) in [6.07, 6.45) is 4.91. The highest BCUT2D eigenvalue weighted by Gasteiger charge is 2.16. The van der Waals surface area contributed by atoms with Crippen molar-refractivity contribution in [3.8, 4) is 0 Å². The first-order valence-corrected chi connectivity index (χ1v) is 8.67. The quantitative estimate of drug-likeness (QED) is 0.601. The third-order valence-corrected chi connectivity index (χ3v) is 4.74. The molecule has 0 radical (unpaired) electrons. The fourth-order valence-electron chi connectivity index (χ4n) is 1.85. The molecule has 7 nitrogen and oxygen atoms in total. The van der Waals surface area contributed by atoms with Crippen molar-refractivity contribution < 1.29 is 8.42 Å². The van der Waals surface area contributed by atoms with Crippen molar-refractivity contribution in [2.75, 3.05) is 26.7 Å². The van der Waals surface area contributed by atoms with Crippen LogP contribution in [0.5, 0.6) is 0 Å². The number of hydrogen-bond acceptors (Lipinski definition) is 4. The Bertz CT molecular complexity index is 512. The van der Waals surface area contributed by atoms with Gasteiger partial charge in [-0.2, -0.15) is 12.7 Å². The Morgan fingerprint density at radius 2 is 2.10 bits per heavy atom. The maximum absolute atomic E-state index is 12.0. The molecule has 2 N–H and O–H groups in total. The summed E-state index contributed by atoms with van der Waals surface area (Å²) in [4.78, 5) is 4.16. The van der Waals surface area contributed by atoms with Crippen LogP contribution >= 0.6 is 0 Å². The summed E-state index contributed by atoms with van der Waals surface area (Å²) in [6.45, 7) is 5.79. The molecule has 0 amide bonds. The Hall–Kier alpha value is -0.960. The minimum absolute atomic E-state index is 0.349. The second kappa shape index (κ2) is 8.47. The fourth-order valence-corrected chi connectivity index (χ4v) is 2.80. The molecule has 0 bridgehead atoms. The van der Waals surface area contributed by atoms with Gasteiger partial charge in [0.2, 0.25) is 0 Å². The molecule has 1 aromatic rings. The number of nitrogens with zero attached hydrogens (tertiary/aromatic N) is 3. The van der Waals surface area contributed by atoms with Crippen molar-refractivity contribution in [2.45, 2.75) is 32.7 Å². The minimum atomic E-state index is -3.41. The largest absolute Gasteiger partial charge is 0.338 e. The highest BCUT2D eigenvalue weighted by Crippen LogP contribution is 1.98. The van der Waals surface area contributed by atoms with Crippen molar-refractivity contribution >= 4 is 10.2 Å². The SMILES string of the molecule is CC(C)NCCCN(C)S(=O)(=O)NCCc1nccn1C. The van der Waals surface area contributed by atoms with Gasteiger partial charge >= 0.3 is 0 Å². The molecule has 1 heterocycles. The molecule has 0 spiro atoms. The van der Waals surface area contributed by atoms with E-state index in [9.17, 15) is 8.42 Å². The molecule has 1 aromatic heterocycles. The lowest BCUT2D eigenvalue weighted by atomic mass is 10.3. The smallest absolute Gasteiger partial charge is 0.279 e. The highest BCUT2D eigenvalue weighted by molar-refractivity contribution is 7.87. The van der Waals surface area contributed by atoms with Crippen LogP contribution in [0.4, 0.5) is 0 Å². The number of imidazole rings is 1. The average molecular weight is 317 g/mol. The number of aryl methyl sites for hydroxylation is 1. The van der Waals surface area contributed by atoms with E-state index >= 15 is 0 Å². The van der Waals surface area contributed by atoms with Gasteiger partial charge in [-0.05, 0) is 13.0 Å². The molecule has 21 heavy (non-hydrogen) atoms. The van der Waals surface area contributed by atoms with Gasteiger partial charge < -0.3 is 9.88 Å². The van der Waals surface area contributed by atoms with Gasteiger partial charge in [0.1, 0.15) is 5.82 Å². The summed E-state index contributed by atoms with van der Waals surface area (Å²) >= 11 is 0. The van der Waals surface area contributed by atoms with Crippen LogP contribution in [0, 0.1) is 0 Å². The summed E-state index contributed by atoms with van der Waals surface area (Å²) in [5, 5.41) is 3.27. The van der Waals surface area contributed by atoms with Gasteiger partial charge in [-0.15, -0.1) is 0 Å².